The molecule has 5 aromatic rings. The maximum atomic E-state index is 14.6. The van der Waals surface area contributed by atoms with Crippen molar-refractivity contribution in [2.45, 2.75) is 5.41 Å². The molecule has 1 atom stereocenters. The van der Waals surface area contributed by atoms with Crippen molar-refractivity contribution in [1.82, 2.24) is 19.3 Å². The summed E-state index contributed by atoms with van der Waals surface area (Å²) in [5, 5.41) is 8.37. The van der Waals surface area contributed by atoms with Crippen molar-refractivity contribution in [3.8, 4) is 16.9 Å². The molecule has 0 bridgehead atoms. The van der Waals surface area contributed by atoms with Crippen molar-refractivity contribution in [3.63, 3.8) is 0 Å². The molecule has 0 saturated carbocycles. The van der Waals surface area contributed by atoms with Gasteiger partial charge in [0.1, 0.15) is 17.1 Å². The minimum Gasteiger partial charge on any atom is -0.325 e. The summed E-state index contributed by atoms with van der Waals surface area (Å²) in [6.45, 7) is 0. The highest BCUT2D eigenvalue weighted by atomic mass is 16.2. The van der Waals surface area contributed by atoms with Gasteiger partial charge in [0.2, 0.25) is 5.91 Å². The average Bonchev–Trinajstić information content (AvgIpc) is 3.43. The number of rotatable bonds is 2. The smallest absolute Gasteiger partial charge is 0.325 e. The Bertz CT molecular complexity index is 1890. The fourth-order valence-electron chi connectivity index (χ4n) is 5.84. The molecule has 2 aliphatic rings. The van der Waals surface area contributed by atoms with E-state index in [2.05, 4.69) is 10.3 Å². The van der Waals surface area contributed by atoms with Gasteiger partial charge in [0.05, 0.1) is 16.9 Å². The highest BCUT2D eigenvalue weighted by molar-refractivity contribution is 6.16. The molecule has 0 aliphatic carbocycles. The van der Waals surface area contributed by atoms with Gasteiger partial charge in [-0.25, -0.2) is 9.48 Å². The number of aromatic nitrogens is 4. The number of amides is 1. The summed E-state index contributed by atoms with van der Waals surface area (Å²) in [6, 6.07) is 26.6. The van der Waals surface area contributed by atoms with E-state index >= 15 is 0 Å². The lowest BCUT2D eigenvalue weighted by Crippen LogP contribution is -2.49. The Kier molecular flexibility index (Phi) is 4.44. The molecule has 3 aromatic carbocycles. The van der Waals surface area contributed by atoms with E-state index < -0.39 is 16.7 Å². The average molecular weight is 503 g/mol. The molecule has 2 aromatic heterocycles. The van der Waals surface area contributed by atoms with Crippen LogP contribution in [0.3, 0.4) is 0 Å². The van der Waals surface area contributed by atoms with Crippen LogP contribution in [0.1, 0.15) is 16.7 Å². The van der Waals surface area contributed by atoms with Crippen molar-refractivity contribution in [1.29, 1.82) is 0 Å². The van der Waals surface area contributed by atoms with Gasteiger partial charge in [-0.1, -0.05) is 66.7 Å². The second kappa shape index (κ2) is 7.66. The summed E-state index contributed by atoms with van der Waals surface area (Å²) in [6.07, 6.45) is 0. The predicted octanol–water partition coefficient (Wildman–Crippen LogP) is 3.29. The van der Waals surface area contributed by atoms with Gasteiger partial charge in [-0.2, -0.15) is 5.10 Å². The minimum atomic E-state index is -1.54. The summed E-state index contributed by atoms with van der Waals surface area (Å²) < 4.78 is 3.07. The molecule has 9 heteroatoms. The second-order valence-corrected chi connectivity index (χ2v) is 9.48. The van der Waals surface area contributed by atoms with E-state index in [1.165, 1.54) is 4.57 Å². The van der Waals surface area contributed by atoms with Crippen molar-refractivity contribution < 1.29 is 4.79 Å². The number of anilines is 3. The molecule has 1 unspecified atom stereocenters. The third-order valence-corrected chi connectivity index (χ3v) is 7.54. The minimum absolute atomic E-state index is 0.165. The molecule has 7 rings (SSSR count). The van der Waals surface area contributed by atoms with Gasteiger partial charge in [-0.15, -0.1) is 0 Å². The van der Waals surface area contributed by atoms with Crippen molar-refractivity contribution in [2.24, 2.45) is 7.05 Å². The second-order valence-electron chi connectivity index (χ2n) is 9.48. The van der Waals surface area contributed by atoms with Crippen molar-refractivity contribution >= 4 is 23.2 Å². The normalized spacial score (nSPS) is 17.2. The van der Waals surface area contributed by atoms with E-state index in [0.717, 1.165) is 11.3 Å². The van der Waals surface area contributed by atoms with Crippen LogP contribution in [0.15, 0.2) is 94.5 Å². The molecule has 2 aliphatic heterocycles. The Morgan fingerprint density at radius 2 is 1.42 bits per heavy atom. The zero-order chi connectivity index (χ0) is 26.2. The van der Waals surface area contributed by atoms with Crippen molar-refractivity contribution in [3.05, 3.63) is 122 Å². The SMILES string of the molecule is CN1C(=O)C2(c3ccccc31)c1c(-c3ccccc3)nn(-c3ccccc3)c1Nc1c2c(=O)[nH]c(=O)n1C. The molecule has 0 fully saturated rings. The quantitative estimate of drug-likeness (QED) is 0.386. The Balaban J connectivity index is 1.72. The fourth-order valence-corrected chi connectivity index (χ4v) is 5.84. The van der Waals surface area contributed by atoms with Crippen LogP contribution in [0, 0.1) is 0 Å². The fraction of sp³-hybridized carbons (Fsp3) is 0.103. The van der Waals surface area contributed by atoms with E-state index in [1.807, 2.05) is 84.9 Å². The van der Waals surface area contributed by atoms with E-state index in [1.54, 1.807) is 23.7 Å². The van der Waals surface area contributed by atoms with Crippen LogP contribution in [0.5, 0.6) is 0 Å². The van der Waals surface area contributed by atoms with E-state index in [0.29, 0.717) is 28.3 Å². The maximum absolute atomic E-state index is 14.6. The van der Waals surface area contributed by atoms with E-state index in [4.69, 9.17) is 5.10 Å². The number of benzene rings is 3. The lowest BCUT2D eigenvalue weighted by Gasteiger charge is -2.35. The number of carbonyl (C=O) groups is 1. The molecule has 0 radical (unpaired) electrons. The summed E-state index contributed by atoms with van der Waals surface area (Å²) in [5.74, 6) is 0.472. The van der Waals surface area contributed by atoms with Crippen LogP contribution in [-0.2, 0) is 17.3 Å². The van der Waals surface area contributed by atoms with Crippen LogP contribution in [-0.4, -0.2) is 32.3 Å². The molecule has 9 nitrogen and oxygen atoms in total. The van der Waals surface area contributed by atoms with Gasteiger partial charge < -0.3 is 10.2 Å². The van der Waals surface area contributed by atoms with Gasteiger partial charge in [0, 0.05) is 36.5 Å². The van der Waals surface area contributed by atoms with Crippen LogP contribution < -0.4 is 21.5 Å². The summed E-state index contributed by atoms with van der Waals surface area (Å²) in [4.78, 5) is 45.0. The van der Waals surface area contributed by atoms with Gasteiger partial charge in [-0.05, 0) is 18.2 Å². The van der Waals surface area contributed by atoms with Gasteiger partial charge in [0.15, 0.2) is 0 Å². The van der Waals surface area contributed by atoms with E-state index in [-0.39, 0.29) is 17.3 Å². The molecular formula is C29H22N6O3. The first-order valence-electron chi connectivity index (χ1n) is 12.2. The number of para-hydroxylation sites is 2. The molecule has 1 spiro atoms. The van der Waals surface area contributed by atoms with E-state index in [9.17, 15) is 14.4 Å². The molecular weight excluding hydrogens is 480 g/mol. The Morgan fingerprint density at radius 3 is 2.16 bits per heavy atom. The number of fused-ring (bicyclic) bond motifs is 6. The number of nitrogens with zero attached hydrogens (tertiary/aromatic N) is 4. The molecule has 186 valence electrons. The zero-order valence-corrected chi connectivity index (χ0v) is 20.6. The van der Waals surface area contributed by atoms with Crippen molar-refractivity contribution in [2.75, 3.05) is 17.3 Å². The number of carbonyl (C=O) groups excluding carboxylic acids is 1. The monoisotopic (exact) mass is 502 g/mol. The Morgan fingerprint density at radius 1 is 0.763 bits per heavy atom. The summed E-state index contributed by atoms with van der Waals surface area (Å²) >= 11 is 0. The maximum Gasteiger partial charge on any atom is 0.329 e. The first kappa shape index (κ1) is 22.1. The molecule has 1 amide bonds. The molecule has 2 N–H and O–H groups in total. The van der Waals surface area contributed by atoms with Gasteiger partial charge in [0.25, 0.3) is 5.56 Å². The summed E-state index contributed by atoms with van der Waals surface area (Å²) in [5.41, 5.74) is 1.45. The first-order valence-corrected chi connectivity index (χ1v) is 12.2. The standard InChI is InChI=1S/C29H22N6O3/c1-33-20-16-10-9-15-19(20)29(27(33)37)21-23(17-11-5-3-6-12-17)32-35(18-13-7-4-8-14-18)25(21)30-24-22(29)26(36)31-28(38)34(24)2/h3-16,30H,1-2H3,(H,31,36,38). The van der Waals surface area contributed by atoms with Gasteiger partial charge >= 0.3 is 5.69 Å². The largest absolute Gasteiger partial charge is 0.329 e. The highest BCUT2D eigenvalue weighted by Gasteiger charge is 2.60. The van der Waals surface area contributed by atoms with Crippen LogP contribution in [0.4, 0.5) is 17.3 Å². The van der Waals surface area contributed by atoms with Crippen LogP contribution >= 0.6 is 0 Å². The Hall–Kier alpha value is -5.18. The number of aromatic amines is 1. The lowest BCUT2D eigenvalue weighted by molar-refractivity contribution is -0.120. The highest BCUT2D eigenvalue weighted by Crippen LogP contribution is 2.57. The third-order valence-electron chi connectivity index (χ3n) is 7.54. The molecule has 0 saturated heterocycles. The molecule has 4 heterocycles. The summed E-state index contributed by atoms with van der Waals surface area (Å²) in [7, 11) is 3.27. The van der Waals surface area contributed by atoms with Gasteiger partial charge in [-0.3, -0.25) is 19.1 Å². The zero-order valence-electron chi connectivity index (χ0n) is 20.6. The number of hydrogen-bond donors (Lipinski definition) is 2. The predicted molar refractivity (Wildman–Crippen MR) is 144 cm³/mol. The topological polar surface area (TPSA) is 105 Å². The third kappa shape index (κ3) is 2.64. The number of H-pyrrole nitrogens is 1. The number of likely N-dealkylation sites (N-methyl/N-ethyl adjacent to an activating group) is 1. The molecule has 38 heavy (non-hydrogen) atoms. The lowest BCUT2D eigenvalue weighted by atomic mass is 9.68. The van der Waals surface area contributed by atoms with Crippen LogP contribution in [0.2, 0.25) is 0 Å². The first-order chi connectivity index (χ1) is 18.4. The van der Waals surface area contributed by atoms with Crippen LogP contribution in [0.25, 0.3) is 16.9 Å². The number of nitrogens with one attached hydrogen (secondary N) is 2. The Labute approximate surface area is 216 Å². The number of hydrogen-bond acceptors (Lipinski definition) is 5.